The van der Waals surface area contributed by atoms with Gasteiger partial charge in [-0.3, -0.25) is 14.6 Å². The Bertz CT molecular complexity index is 746. The molecule has 2 fully saturated rings. The van der Waals surface area contributed by atoms with Crippen molar-refractivity contribution in [3.8, 4) is 5.75 Å². The maximum atomic E-state index is 12.6. The summed E-state index contributed by atoms with van der Waals surface area (Å²) in [6.45, 7) is 1.96. The Hall–Kier alpha value is -2.77. The van der Waals surface area contributed by atoms with Crippen LogP contribution in [-0.2, 0) is 16.1 Å². The number of carbonyl (C=O) groups is 2. The SMILES string of the molecule is CN=C(NCc1cccc(OCC(N)=O)c1)NC1CCN(C(=O)C2CCCC2)C1. The molecule has 1 atom stereocenters. The molecule has 2 aliphatic rings. The van der Waals surface area contributed by atoms with E-state index in [1.807, 2.05) is 23.1 Å². The molecule has 0 bridgehead atoms. The van der Waals surface area contributed by atoms with Gasteiger partial charge < -0.3 is 26.0 Å². The van der Waals surface area contributed by atoms with E-state index in [4.69, 9.17) is 10.5 Å². The zero-order chi connectivity index (χ0) is 20.6. The molecule has 1 aliphatic heterocycles. The van der Waals surface area contributed by atoms with Crippen LogP contribution in [0.1, 0.15) is 37.7 Å². The fourth-order valence-corrected chi connectivity index (χ4v) is 3.98. The molecule has 0 aromatic heterocycles. The van der Waals surface area contributed by atoms with Crippen LogP contribution in [0, 0.1) is 5.92 Å². The highest BCUT2D eigenvalue weighted by molar-refractivity contribution is 5.81. The van der Waals surface area contributed by atoms with E-state index < -0.39 is 5.91 Å². The van der Waals surface area contributed by atoms with Crippen LogP contribution in [0.2, 0.25) is 0 Å². The number of hydrogen-bond acceptors (Lipinski definition) is 4. The van der Waals surface area contributed by atoms with Crippen LogP contribution in [0.3, 0.4) is 0 Å². The van der Waals surface area contributed by atoms with E-state index in [2.05, 4.69) is 15.6 Å². The molecule has 0 spiro atoms. The summed E-state index contributed by atoms with van der Waals surface area (Å²) in [7, 11) is 1.73. The number of likely N-dealkylation sites (tertiary alicyclic amines) is 1. The summed E-state index contributed by atoms with van der Waals surface area (Å²) in [6, 6.07) is 7.69. The zero-order valence-corrected chi connectivity index (χ0v) is 17.0. The third-order valence-electron chi connectivity index (χ3n) is 5.51. The molecule has 29 heavy (non-hydrogen) atoms. The minimum Gasteiger partial charge on any atom is -0.484 e. The molecule has 1 heterocycles. The number of primary amides is 1. The number of hydrogen-bond donors (Lipinski definition) is 3. The first-order chi connectivity index (χ1) is 14.0. The quantitative estimate of drug-likeness (QED) is 0.467. The molecule has 1 saturated heterocycles. The fraction of sp³-hybridized carbons (Fsp3) is 0.571. The van der Waals surface area contributed by atoms with Crippen molar-refractivity contribution in [3.63, 3.8) is 0 Å². The van der Waals surface area contributed by atoms with E-state index in [0.29, 0.717) is 24.2 Å². The van der Waals surface area contributed by atoms with Gasteiger partial charge in [0.05, 0.1) is 0 Å². The number of benzene rings is 1. The van der Waals surface area contributed by atoms with Crippen LogP contribution in [0.4, 0.5) is 0 Å². The van der Waals surface area contributed by atoms with Crippen molar-refractivity contribution in [2.75, 3.05) is 26.7 Å². The first-order valence-corrected chi connectivity index (χ1v) is 10.3. The topological polar surface area (TPSA) is 109 Å². The highest BCUT2D eigenvalue weighted by atomic mass is 16.5. The Balaban J connectivity index is 1.46. The minimum absolute atomic E-state index is 0.141. The molecule has 2 amide bonds. The Morgan fingerprint density at radius 1 is 1.28 bits per heavy atom. The Morgan fingerprint density at radius 3 is 2.79 bits per heavy atom. The van der Waals surface area contributed by atoms with E-state index >= 15 is 0 Å². The number of aliphatic imine (C=N–C) groups is 1. The number of carbonyl (C=O) groups excluding carboxylic acids is 2. The van der Waals surface area contributed by atoms with Gasteiger partial charge in [-0.1, -0.05) is 25.0 Å². The number of guanidine groups is 1. The summed E-state index contributed by atoms with van der Waals surface area (Å²) in [5.74, 6) is 1.35. The Labute approximate surface area is 171 Å². The molecule has 1 saturated carbocycles. The van der Waals surface area contributed by atoms with Gasteiger partial charge in [0, 0.05) is 38.6 Å². The van der Waals surface area contributed by atoms with Gasteiger partial charge in [0.15, 0.2) is 12.6 Å². The summed E-state index contributed by atoms with van der Waals surface area (Å²) < 4.78 is 5.34. The maximum absolute atomic E-state index is 12.6. The number of rotatable bonds is 7. The second-order valence-corrected chi connectivity index (χ2v) is 7.72. The summed E-state index contributed by atoms with van der Waals surface area (Å²) in [5, 5.41) is 6.71. The van der Waals surface area contributed by atoms with E-state index in [1.54, 1.807) is 13.1 Å². The fourth-order valence-electron chi connectivity index (χ4n) is 3.98. The largest absolute Gasteiger partial charge is 0.484 e. The van der Waals surface area contributed by atoms with Crippen LogP contribution >= 0.6 is 0 Å². The van der Waals surface area contributed by atoms with E-state index in [0.717, 1.165) is 37.9 Å². The van der Waals surface area contributed by atoms with Crippen LogP contribution in [0.25, 0.3) is 0 Å². The summed E-state index contributed by atoms with van der Waals surface area (Å²) in [5.41, 5.74) is 6.11. The molecule has 1 aromatic carbocycles. The molecule has 1 aromatic rings. The van der Waals surface area contributed by atoms with Crippen molar-refractivity contribution in [1.29, 1.82) is 0 Å². The van der Waals surface area contributed by atoms with Crippen LogP contribution in [0.5, 0.6) is 5.75 Å². The van der Waals surface area contributed by atoms with Gasteiger partial charge >= 0.3 is 0 Å². The van der Waals surface area contributed by atoms with Crippen molar-refractivity contribution in [2.24, 2.45) is 16.6 Å². The molecule has 4 N–H and O–H groups in total. The molecule has 158 valence electrons. The second-order valence-electron chi connectivity index (χ2n) is 7.72. The molecular weight excluding hydrogens is 370 g/mol. The Kier molecular flexibility index (Phi) is 7.32. The lowest BCUT2D eigenvalue weighted by atomic mass is 10.1. The van der Waals surface area contributed by atoms with Gasteiger partial charge in [-0.15, -0.1) is 0 Å². The lowest BCUT2D eigenvalue weighted by molar-refractivity contribution is -0.134. The highest BCUT2D eigenvalue weighted by Gasteiger charge is 2.32. The second kappa shape index (κ2) is 10.1. The van der Waals surface area contributed by atoms with E-state index in [1.165, 1.54) is 12.8 Å². The van der Waals surface area contributed by atoms with Crippen LogP contribution in [-0.4, -0.2) is 55.5 Å². The van der Waals surface area contributed by atoms with Crippen molar-refractivity contribution in [2.45, 2.75) is 44.7 Å². The highest BCUT2D eigenvalue weighted by Crippen LogP contribution is 2.27. The monoisotopic (exact) mass is 401 g/mol. The minimum atomic E-state index is -0.504. The first kappa shape index (κ1) is 21.0. The zero-order valence-electron chi connectivity index (χ0n) is 17.0. The molecule has 0 radical (unpaired) electrons. The van der Waals surface area contributed by atoms with Crippen LogP contribution in [0.15, 0.2) is 29.3 Å². The summed E-state index contributed by atoms with van der Waals surface area (Å²) in [4.78, 5) is 29.7. The first-order valence-electron chi connectivity index (χ1n) is 10.3. The Morgan fingerprint density at radius 2 is 2.07 bits per heavy atom. The summed E-state index contributed by atoms with van der Waals surface area (Å²) in [6.07, 6.45) is 5.36. The van der Waals surface area contributed by atoms with Gasteiger partial charge in [-0.2, -0.15) is 0 Å². The van der Waals surface area contributed by atoms with Gasteiger partial charge in [0.25, 0.3) is 5.91 Å². The molecule has 1 aliphatic carbocycles. The molecule has 1 unspecified atom stereocenters. The lowest BCUT2D eigenvalue weighted by Gasteiger charge is -2.21. The normalized spacial score (nSPS) is 20.0. The van der Waals surface area contributed by atoms with Crippen molar-refractivity contribution >= 4 is 17.8 Å². The molecule has 8 nitrogen and oxygen atoms in total. The third kappa shape index (κ3) is 6.10. The number of ether oxygens (including phenoxy) is 1. The average Bonchev–Trinajstić information content (AvgIpc) is 3.41. The molecular formula is C21H31N5O3. The third-order valence-corrected chi connectivity index (χ3v) is 5.51. The number of nitrogens with one attached hydrogen (secondary N) is 2. The molecule has 8 heteroatoms. The van der Waals surface area contributed by atoms with Gasteiger partial charge in [0.1, 0.15) is 5.75 Å². The molecule has 3 rings (SSSR count). The van der Waals surface area contributed by atoms with Crippen molar-refractivity contribution in [1.82, 2.24) is 15.5 Å². The smallest absolute Gasteiger partial charge is 0.255 e. The van der Waals surface area contributed by atoms with Crippen LogP contribution < -0.4 is 21.1 Å². The van der Waals surface area contributed by atoms with E-state index in [-0.39, 0.29) is 18.6 Å². The standard InChI is InChI=1S/C21H31N5O3/c1-23-21(24-12-15-5-4-8-18(11-15)29-14-19(22)27)25-17-9-10-26(13-17)20(28)16-6-2-3-7-16/h4-5,8,11,16-17H,2-3,6-7,9-10,12-14H2,1H3,(H2,22,27)(H2,23,24,25). The van der Waals surface area contributed by atoms with Gasteiger partial charge in [-0.25, -0.2) is 0 Å². The van der Waals surface area contributed by atoms with Gasteiger partial charge in [-0.05, 0) is 37.0 Å². The van der Waals surface area contributed by atoms with Gasteiger partial charge in [0.2, 0.25) is 5.91 Å². The number of nitrogens with two attached hydrogens (primary N) is 1. The average molecular weight is 402 g/mol. The van der Waals surface area contributed by atoms with Crippen molar-refractivity contribution < 1.29 is 14.3 Å². The lowest BCUT2D eigenvalue weighted by Crippen LogP contribution is -2.45. The predicted octanol–water partition coefficient (Wildman–Crippen LogP) is 1.01. The maximum Gasteiger partial charge on any atom is 0.255 e. The number of amides is 2. The predicted molar refractivity (Wildman–Crippen MR) is 111 cm³/mol. The summed E-state index contributed by atoms with van der Waals surface area (Å²) >= 11 is 0. The number of nitrogens with zero attached hydrogens (tertiary/aromatic N) is 2. The van der Waals surface area contributed by atoms with Crippen molar-refractivity contribution in [3.05, 3.63) is 29.8 Å². The van der Waals surface area contributed by atoms with E-state index in [9.17, 15) is 9.59 Å².